The quantitative estimate of drug-likeness (QED) is 0.412. The van der Waals surface area contributed by atoms with Crippen LogP contribution in [0.3, 0.4) is 0 Å². The molecule has 6 nitrogen and oxygen atoms in total. The molecule has 0 aliphatic carbocycles. The van der Waals surface area contributed by atoms with Crippen molar-refractivity contribution in [3.8, 4) is 0 Å². The number of anilines is 2. The normalized spacial score (nSPS) is 18.3. The Morgan fingerprint density at radius 3 is 2.40 bits per heavy atom. The van der Waals surface area contributed by atoms with Gasteiger partial charge in [0.25, 0.3) is 11.8 Å². The second-order valence-electron chi connectivity index (χ2n) is 6.71. The predicted octanol–water partition coefficient (Wildman–Crippen LogP) is 3.68. The Kier molecular flexibility index (Phi) is 5.44. The molecule has 0 saturated carbocycles. The molecule has 2 aromatic rings. The zero-order valence-electron chi connectivity index (χ0n) is 16.4. The van der Waals surface area contributed by atoms with Gasteiger partial charge in [-0.3, -0.25) is 24.2 Å². The number of hydrogen-bond acceptors (Lipinski definition) is 6. The van der Waals surface area contributed by atoms with Gasteiger partial charge >= 0.3 is 5.97 Å². The number of ether oxygens (including phenoxy) is 1. The number of carbonyl (C=O) groups is 3. The molecule has 0 unspecified atom stereocenters. The minimum atomic E-state index is -0.505. The van der Waals surface area contributed by atoms with Crippen LogP contribution in [-0.4, -0.2) is 35.3 Å². The van der Waals surface area contributed by atoms with Gasteiger partial charge in [0.1, 0.15) is 6.54 Å². The maximum absolute atomic E-state index is 13.3. The highest BCUT2D eigenvalue weighted by Crippen LogP contribution is 2.45. The van der Waals surface area contributed by atoms with Gasteiger partial charge in [-0.05, 0) is 31.5 Å². The second-order valence-corrected chi connectivity index (χ2v) is 8.36. The van der Waals surface area contributed by atoms with Crippen LogP contribution in [-0.2, 0) is 19.1 Å². The Morgan fingerprint density at radius 2 is 1.70 bits per heavy atom. The lowest BCUT2D eigenvalue weighted by molar-refractivity contribution is -0.142. The predicted molar refractivity (Wildman–Crippen MR) is 121 cm³/mol. The van der Waals surface area contributed by atoms with Crippen molar-refractivity contribution in [1.29, 1.82) is 0 Å². The van der Waals surface area contributed by atoms with E-state index in [-0.39, 0.29) is 29.5 Å². The Hall–Kier alpha value is -2.97. The van der Waals surface area contributed by atoms with Crippen LogP contribution in [0.25, 0.3) is 5.57 Å². The van der Waals surface area contributed by atoms with Crippen LogP contribution in [0.15, 0.2) is 53.4 Å². The third-order valence-electron chi connectivity index (χ3n) is 4.87. The van der Waals surface area contributed by atoms with Gasteiger partial charge in [0.2, 0.25) is 0 Å². The third-order valence-corrected chi connectivity index (χ3v) is 6.24. The summed E-state index contributed by atoms with van der Waals surface area (Å²) in [6.45, 7) is 3.62. The molecule has 30 heavy (non-hydrogen) atoms. The molecule has 8 heteroatoms. The van der Waals surface area contributed by atoms with Crippen molar-refractivity contribution >= 4 is 63.0 Å². The number of fused-ring (bicyclic) bond motifs is 1. The van der Waals surface area contributed by atoms with Crippen LogP contribution >= 0.6 is 24.0 Å². The van der Waals surface area contributed by atoms with Crippen molar-refractivity contribution in [3.63, 3.8) is 0 Å². The molecule has 1 saturated heterocycles. The van der Waals surface area contributed by atoms with Gasteiger partial charge in [0.15, 0.2) is 4.32 Å². The fraction of sp³-hybridized carbons (Fsp3) is 0.182. The van der Waals surface area contributed by atoms with E-state index in [4.69, 9.17) is 17.0 Å². The van der Waals surface area contributed by atoms with E-state index < -0.39 is 11.9 Å². The Morgan fingerprint density at radius 1 is 1.03 bits per heavy atom. The van der Waals surface area contributed by atoms with E-state index in [1.54, 1.807) is 31.2 Å². The van der Waals surface area contributed by atoms with E-state index in [2.05, 4.69) is 0 Å². The average Bonchev–Trinajstić information content (AvgIpc) is 3.16. The second kappa shape index (κ2) is 8.04. The zero-order valence-corrected chi connectivity index (χ0v) is 18.0. The number of aryl methyl sites for hydroxylation is 1. The number of para-hydroxylation sites is 2. The number of rotatable bonds is 4. The summed E-state index contributed by atoms with van der Waals surface area (Å²) >= 11 is 6.58. The summed E-state index contributed by atoms with van der Waals surface area (Å²) < 4.78 is 5.37. The number of hydrogen-bond donors (Lipinski definition) is 0. The SMILES string of the molecule is CCOC(=O)CN1C(=O)C(=C2SC(=S)N(c3ccccc3C)C2=O)c2ccccc21. The van der Waals surface area contributed by atoms with Crippen LogP contribution in [0, 0.1) is 6.92 Å². The molecule has 2 aliphatic heterocycles. The molecule has 0 N–H and O–H groups in total. The van der Waals surface area contributed by atoms with E-state index in [1.165, 1.54) is 9.80 Å². The topological polar surface area (TPSA) is 66.9 Å². The molecule has 0 bridgehead atoms. The standard InChI is InChI=1S/C22H18N2O4S2/c1-3-28-17(25)12-23-16-11-7-5-9-14(16)18(20(23)26)19-21(27)24(22(29)30-19)15-10-6-4-8-13(15)2/h4-11H,3,12H2,1-2H3. The highest BCUT2D eigenvalue weighted by molar-refractivity contribution is 8.27. The summed E-state index contributed by atoms with van der Waals surface area (Å²) in [7, 11) is 0. The summed E-state index contributed by atoms with van der Waals surface area (Å²) in [4.78, 5) is 41.7. The maximum atomic E-state index is 13.3. The maximum Gasteiger partial charge on any atom is 0.326 e. The minimum Gasteiger partial charge on any atom is -0.465 e. The molecule has 2 heterocycles. The number of amides is 2. The van der Waals surface area contributed by atoms with E-state index in [0.717, 1.165) is 17.3 Å². The van der Waals surface area contributed by atoms with E-state index in [0.29, 0.717) is 21.3 Å². The number of esters is 1. The van der Waals surface area contributed by atoms with E-state index in [9.17, 15) is 14.4 Å². The van der Waals surface area contributed by atoms with Gasteiger partial charge in [-0.25, -0.2) is 0 Å². The van der Waals surface area contributed by atoms with Gasteiger partial charge < -0.3 is 4.74 Å². The molecule has 0 atom stereocenters. The number of thiocarbonyl (C=S) groups is 1. The van der Waals surface area contributed by atoms with Crippen molar-refractivity contribution in [2.24, 2.45) is 0 Å². The van der Waals surface area contributed by atoms with Crippen molar-refractivity contribution in [3.05, 3.63) is 64.6 Å². The van der Waals surface area contributed by atoms with Crippen LogP contribution in [0.1, 0.15) is 18.1 Å². The molecule has 0 aromatic heterocycles. The van der Waals surface area contributed by atoms with Crippen molar-refractivity contribution in [2.45, 2.75) is 13.8 Å². The van der Waals surface area contributed by atoms with Gasteiger partial charge in [-0.15, -0.1) is 0 Å². The Labute approximate surface area is 183 Å². The molecule has 1 fully saturated rings. The average molecular weight is 439 g/mol. The highest BCUT2D eigenvalue weighted by Gasteiger charge is 2.43. The fourth-order valence-electron chi connectivity index (χ4n) is 3.53. The van der Waals surface area contributed by atoms with Crippen LogP contribution in [0.5, 0.6) is 0 Å². The van der Waals surface area contributed by atoms with Crippen LogP contribution in [0.4, 0.5) is 11.4 Å². The van der Waals surface area contributed by atoms with Gasteiger partial charge in [0, 0.05) is 5.56 Å². The van der Waals surface area contributed by atoms with Gasteiger partial charge in [-0.2, -0.15) is 0 Å². The van der Waals surface area contributed by atoms with E-state index in [1.807, 2.05) is 31.2 Å². The summed E-state index contributed by atoms with van der Waals surface area (Å²) in [6, 6.07) is 14.6. The molecule has 2 aliphatic rings. The lowest BCUT2D eigenvalue weighted by Crippen LogP contribution is -2.34. The molecule has 2 amide bonds. The molecular formula is C22H18N2O4S2. The van der Waals surface area contributed by atoms with Crippen molar-refractivity contribution in [1.82, 2.24) is 0 Å². The first-order valence-corrected chi connectivity index (χ1v) is 10.6. The van der Waals surface area contributed by atoms with Crippen molar-refractivity contribution < 1.29 is 19.1 Å². The monoisotopic (exact) mass is 438 g/mol. The highest BCUT2D eigenvalue weighted by atomic mass is 32.2. The molecular weight excluding hydrogens is 420 g/mol. The molecule has 0 spiro atoms. The Balaban J connectivity index is 1.79. The largest absolute Gasteiger partial charge is 0.465 e. The van der Waals surface area contributed by atoms with Crippen LogP contribution < -0.4 is 9.80 Å². The first-order valence-electron chi connectivity index (χ1n) is 9.37. The lowest BCUT2D eigenvalue weighted by atomic mass is 10.1. The smallest absolute Gasteiger partial charge is 0.326 e. The summed E-state index contributed by atoms with van der Waals surface area (Å²) in [5, 5.41) is 0. The Bertz CT molecular complexity index is 1130. The summed E-state index contributed by atoms with van der Waals surface area (Å²) in [5.74, 6) is -1.25. The fourth-order valence-corrected chi connectivity index (χ4v) is 4.89. The molecule has 4 rings (SSSR count). The number of nitrogens with zero attached hydrogens (tertiary/aromatic N) is 2. The van der Waals surface area contributed by atoms with Gasteiger partial charge in [0.05, 0.1) is 28.5 Å². The van der Waals surface area contributed by atoms with Crippen LogP contribution in [0.2, 0.25) is 0 Å². The number of benzene rings is 2. The van der Waals surface area contributed by atoms with Crippen molar-refractivity contribution in [2.75, 3.05) is 23.0 Å². The molecule has 152 valence electrons. The van der Waals surface area contributed by atoms with Gasteiger partial charge in [-0.1, -0.05) is 60.4 Å². The molecule has 2 aromatic carbocycles. The number of carbonyl (C=O) groups excluding carboxylic acids is 3. The zero-order chi connectivity index (χ0) is 21.4. The molecule has 0 radical (unpaired) electrons. The van der Waals surface area contributed by atoms with E-state index >= 15 is 0 Å². The summed E-state index contributed by atoms with van der Waals surface area (Å²) in [6.07, 6.45) is 0. The summed E-state index contributed by atoms with van der Waals surface area (Å²) in [5.41, 5.74) is 3.05. The first kappa shape index (κ1) is 20.3. The number of thioether (sulfide) groups is 1. The lowest BCUT2D eigenvalue weighted by Gasteiger charge is -2.17. The minimum absolute atomic E-state index is 0.217. The third kappa shape index (κ3) is 3.32. The first-order chi connectivity index (χ1) is 14.4.